The first-order valence-corrected chi connectivity index (χ1v) is 6.82. The number of benzene rings is 1. The molecule has 0 aliphatic heterocycles. The summed E-state index contributed by atoms with van der Waals surface area (Å²) >= 11 is 5.90. The van der Waals surface area contributed by atoms with Crippen LogP contribution >= 0.6 is 11.6 Å². The predicted octanol–water partition coefficient (Wildman–Crippen LogP) is 3.08. The smallest absolute Gasteiger partial charge is 0.228 e. The zero-order valence-electron chi connectivity index (χ0n) is 11.7. The van der Waals surface area contributed by atoms with E-state index < -0.39 is 0 Å². The number of nitrogens with zero attached hydrogens (tertiary/aromatic N) is 4. The Hall–Kier alpha value is -2.64. The van der Waals surface area contributed by atoms with Crippen LogP contribution in [0.3, 0.4) is 0 Å². The molecule has 0 bridgehead atoms. The van der Waals surface area contributed by atoms with Crippen molar-refractivity contribution in [2.24, 2.45) is 7.05 Å². The lowest BCUT2D eigenvalue weighted by molar-refractivity contribution is 0.388. The average molecular weight is 317 g/mol. The normalized spacial score (nSPS) is 10.5. The van der Waals surface area contributed by atoms with Crippen LogP contribution in [0.15, 0.2) is 42.9 Å². The van der Waals surface area contributed by atoms with Gasteiger partial charge >= 0.3 is 0 Å². The van der Waals surface area contributed by atoms with E-state index in [2.05, 4.69) is 20.3 Å². The third-order valence-corrected chi connectivity index (χ3v) is 3.35. The van der Waals surface area contributed by atoms with Crippen LogP contribution < -0.4 is 10.8 Å². The highest BCUT2D eigenvalue weighted by Gasteiger charge is 2.07. The molecule has 0 fully saturated rings. The molecule has 0 unspecified atom stereocenters. The van der Waals surface area contributed by atoms with Crippen molar-refractivity contribution in [3.63, 3.8) is 0 Å². The van der Waals surface area contributed by atoms with E-state index in [1.807, 2.05) is 47.6 Å². The van der Waals surface area contributed by atoms with Gasteiger partial charge in [-0.25, -0.2) is 9.97 Å². The van der Waals surface area contributed by atoms with Crippen molar-refractivity contribution in [2.45, 2.75) is 0 Å². The van der Waals surface area contributed by atoms with Gasteiger partial charge in [-0.3, -0.25) is 10.7 Å². The van der Waals surface area contributed by atoms with Crippen molar-refractivity contribution < 1.29 is 5.21 Å². The molecule has 0 atom stereocenters. The molecule has 1 aromatic carbocycles. The first-order chi connectivity index (χ1) is 10.7. The van der Waals surface area contributed by atoms with Crippen molar-refractivity contribution in [3.8, 4) is 11.4 Å². The highest BCUT2D eigenvalue weighted by Crippen LogP contribution is 2.24. The molecular weight excluding hydrogens is 304 g/mol. The molecule has 112 valence electrons. The molecule has 3 rings (SSSR count). The topological polar surface area (TPSA) is 87.9 Å². The molecule has 2 aromatic heterocycles. The quantitative estimate of drug-likeness (QED) is 0.506. The molecule has 0 saturated heterocycles. The molecule has 0 saturated carbocycles. The molecule has 0 aliphatic rings. The highest BCUT2D eigenvalue weighted by molar-refractivity contribution is 6.32. The second-order valence-corrected chi connectivity index (χ2v) is 4.94. The second-order valence-electron chi connectivity index (χ2n) is 4.58. The van der Waals surface area contributed by atoms with Crippen LogP contribution in [0.2, 0.25) is 5.15 Å². The van der Waals surface area contributed by atoms with E-state index in [4.69, 9.17) is 16.8 Å². The summed E-state index contributed by atoms with van der Waals surface area (Å²) in [5.74, 6) is 1.20. The standard InChI is InChI=1S/C14H13ClN6O/c1-21-6-5-16-13(21)9-3-2-4-10(7-9)18-14-17-8-11(20-22)12(15)19-14/h2-8,20,22H,1H3,(H,17,18,19). The van der Waals surface area contributed by atoms with Crippen LogP contribution in [0.4, 0.5) is 17.3 Å². The van der Waals surface area contributed by atoms with Crippen LogP contribution in [0, 0.1) is 0 Å². The van der Waals surface area contributed by atoms with E-state index in [1.54, 1.807) is 6.20 Å². The predicted molar refractivity (Wildman–Crippen MR) is 84.4 cm³/mol. The average Bonchev–Trinajstić information content (AvgIpc) is 2.94. The van der Waals surface area contributed by atoms with Gasteiger partial charge in [0.2, 0.25) is 5.95 Å². The Labute approximate surface area is 131 Å². The number of aryl methyl sites for hydroxylation is 1. The summed E-state index contributed by atoms with van der Waals surface area (Å²) in [6, 6.07) is 7.72. The Morgan fingerprint density at radius 3 is 2.82 bits per heavy atom. The minimum atomic E-state index is 0.125. The summed E-state index contributed by atoms with van der Waals surface area (Å²) in [5, 5.41) is 12.0. The maximum atomic E-state index is 8.82. The van der Waals surface area contributed by atoms with E-state index in [-0.39, 0.29) is 10.8 Å². The van der Waals surface area contributed by atoms with Gasteiger partial charge in [0.25, 0.3) is 0 Å². The fourth-order valence-electron chi connectivity index (χ4n) is 2.01. The van der Waals surface area contributed by atoms with Gasteiger partial charge in [-0.2, -0.15) is 4.98 Å². The minimum Gasteiger partial charge on any atom is -0.334 e. The Balaban J connectivity index is 1.87. The van der Waals surface area contributed by atoms with Gasteiger partial charge in [0.05, 0.1) is 6.20 Å². The second kappa shape index (κ2) is 6.00. The molecule has 22 heavy (non-hydrogen) atoms. The first-order valence-electron chi connectivity index (χ1n) is 6.45. The number of hydrogen-bond donors (Lipinski definition) is 3. The number of nitrogens with one attached hydrogen (secondary N) is 2. The molecule has 3 aromatic rings. The largest absolute Gasteiger partial charge is 0.334 e. The van der Waals surface area contributed by atoms with Crippen molar-refractivity contribution in [3.05, 3.63) is 48.0 Å². The summed E-state index contributed by atoms with van der Waals surface area (Å²) in [5.41, 5.74) is 3.95. The SMILES string of the molecule is Cn1ccnc1-c1cccc(Nc2ncc(NO)c(Cl)n2)c1. The number of halogens is 1. The van der Waals surface area contributed by atoms with Crippen LogP contribution in [-0.4, -0.2) is 24.7 Å². The zero-order chi connectivity index (χ0) is 15.5. The van der Waals surface area contributed by atoms with Crippen molar-refractivity contribution in [1.29, 1.82) is 0 Å². The van der Waals surface area contributed by atoms with Gasteiger partial charge in [-0.1, -0.05) is 23.7 Å². The number of imidazole rings is 1. The molecule has 7 nitrogen and oxygen atoms in total. The molecule has 0 amide bonds. The van der Waals surface area contributed by atoms with Crippen LogP contribution in [-0.2, 0) is 7.05 Å². The number of rotatable bonds is 4. The number of hydrogen-bond acceptors (Lipinski definition) is 6. The molecule has 0 spiro atoms. The fourth-order valence-corrected chi connectivity index (χ4v) is 2.18. The van der Waals surface area contributed by atoms with Gasteiger partial charge in [-0.05, 0) is 12.1 Å². The number of aromatic nitrogens is 4. The lowest BCUT2D eigenvalue weighted by atomic mass is 10.2. The Morgan fingerprint density at radius 2 is 2.14 bits per heavy atom. The van der Waals surface area contributed by atoms with Gasteiger partial charge in [-0.15, -0.1) is 0 Å². The monoisotopic (exact) mass is 316 g/mol. The molecule has 0 radical (unpaired) electrons. The van der Waals surface area contributed by atoms with E-state index >= 15 is 0 Å². The minimum absolute atomic E-state index is 0.125. The van der Waals surface area contributed by atoms with Crippen LogP contribution in [0.5, 0.6) is 0 Å². The third-order valence-electron chi connectivity index (χ3n) is 3.06. The van der Waals surface area contributed by atoms with Crippen LogP contribution in [0.25, 0.3) is 11.4 Å². The van der Waals surface area contributed by atoms with Gasteiger partial charge in [0.15, 0.2) is 5.15 Å². The number of anilines is 3. The Kier molecular flexibility index (Phi) is 3.90. The zero-order valence-corrected chi connectivity index (χ0v) is 12.4. The van der Waals surface area contributed by atoms with E-state index in [0.29, 0.717) is 5.95 Å². The van der Waals surface area contributed by atoms with Gasteiger partial charge in [0.1, 0.15) is 11.5 Å². The highest BCUT2D eigenvalue weighted by atomic mass is 35.5. The van der Waals surface area contributed by atoms with E-state index in [1.165, 1.54) is 6.20 Å². The molecule has 0 aliphatic carbocycles. The Bertz CT molecular complexity index is 804. The lowest BCUT2D eigenvalue weighted by Gasteiger charge is -2.08. The maximum Gasteiger partial charge on any atom is 0.228 e. The van der Waals surface area contributed by atoms with Crippen molar-refractivity contribution in [1.82, 2.24) is 19.5 Å². The molecule has 2 heterocycles. The molecule has 8 heteroatoms. The molecule has 3 N–H and O–H groups in total. The fraction of sp³-hybridized carbons (Fsp3) is 0.0714. The summed E-state index contributed by atoms with van der Waals surface area (Å²) in [6.07, 6.45) is 5.03. The third kappa shape index (κ3) is 2.85. The summed E-state index contributed by atoms with van der Waals surface area (Å²) < 4.78 is 1.94. The van der Waals surface area contributed by atoms with Crippen LogP contribution in [0.1, 0.15) is 0 Å². The van der Waals surface area contributed by atoms with Gasteiger partial charge < -0.3 is 9.88 Å². The summed E-state index contributed by atoms with van der Waals surface area (Å²) in [6.45, 7) is 0. The first kappa shape index (κ1) is 14.3. The Morgan fingerprint density at radius 1 is 1.27 bits per heavy atom. The van der Waals surface area contributed by atoms with Crippen molar-refractivity contribution >= 4 is 28.9 Å². The van der Waals surface area contributed by atoms with E-state index in [0.717, 1.165) is 17.1 Å². The summed E-state index contributed by atoms with van der Waals surface area (Å²) in [4.78, 5) is 12.4. The summed E-state index contributed by atoms with van der Waals surface area (Å²) in [7, 11) is 1.94. The van der Waals surface area contributed by atoms with E-state index in [9.17, 15) is 0 Å². The van der Waals surface area contributed by atoms with Gasteiger partial charge in [0, 0.05) is 30.7 Å². The lowest BCUT2D eigenvalue weighted by Crippen LogP contribution is -2.00. The molecular formula is C14H13ClN6O. The van der Waals surface area contributed by atoms with Crippen molar-refractivity contribution in [2.75, 3.05) is 10.8 Å². The maximum absolute atomic E-state index is 8.82.